The molecule has 2 atom stereocenters. The Kier molecular flexibility index (Phi) is 5.13. The van der Waals surface area contributed by atoms with Gasteiger partial charge < -0.3 is 10.2 Å². The first-order valence-corrected chi connectivity index (χ1v) is 9.31. The topological polar surface area (TPSA) is 75.2 Å². The van der Waals surface area contributed by atoms with Crippen molar-refractivity contribution in [3.05, 3.63) is 34.8 Å². The van der Waals surface area contributed by atoms with Gasteiger partial charge in [-0.3, -0.25) is 9.59 Å². The molecular formula is C18H22N4O2S. The fourth-order valence-corrected chi connectivity index (χ4v) is 3.62. The van der Waals surface area contributed by atoms with Crippen LogP contribution in [-0.2, 0) is 9.59 Å². The molecule has 0 bridgehead atoms. The van der Waals surface area contributed by atoms with E-state index in [1.807, 2.05) is 45.0 Å². The van der Waals surface area contributed by atoms with E-state index in [1.165, 1.54) is 11.3 Å². The molecule has 1 aromatic carbocycles. The van der Waals surface area contributed by atoms with Gasteiger partial charge in [-0.2, -0.15) is 0 Å². The summed E-state index contributed by atoms with van der Waals surface area (Å²) in [4.78, 5) is 26.2. The standard InChI is InChI=1S/C18H22N4O2S/c1-4-12(3)16(24)19-18-21-20-17(25-18)13-9-15(23)22(10-13)14-7-5-6-11(2)8-14/h5-8,12-13H,4,9-10H2,1-3H3,(H,19,21,24). The first-order chi connectivity index (χ1) is 12.0. The fourth-order valence-electron chi connectivity index (χ4n) is 2.78. The Morgan fingerprint density at radius 1 is 1.44 bits per heavy atom. The largest absolute Gasteiger partial charge is 0.312 e. The van der Waals surface area contributed by atoms with Gasteiger partial charge in [-0.25, -0.2) is 0 Å². The van der Waals surface area contributed by atoms with Crippen molar-refractivity contribution in [3.8, 4) is 0 Å². The number of aromatic nitrogens is 2. The number of amides is 2. The molecule has 2 unspecified atom stereocenters. The maximum absolute atomic E-state index is 12.4. The van der Waals surface area contributed by atoms with Crippen molar-refractivity contribution >= 4 is 34.0 Å². The number of hydrogen-bond acceptors (Lipinski definition) is 5. The van der Waals surface area contributed by atoms with Crippen LogP contribution in [0.3, 0.4) is 0 Å². The van der Waals surface area contributed by atoms with Gasteiger partial charge in [0.15, 0.2) is 0 Å². The molecule has 1 aromatic heterocycles. The van der Waals surface area contributed by atoms with Crippen LogP contribution in [-0.4, -0.2) is 28.6 Å². The molecule has 1 aliphatic heterocycles. The van der Waals surface area contributed by atoms with Crippen LogP contribution in [0.2, 0.25) is 0 Å². The number of carbonyl (C=O) groups excluding carboxylic acids is 2. The summed E-state index contributed by atoms with van der Waals surface area (Å²) in [5.74, 6) is 0.00191. The van der Waals surface area contributed by atoms with Gasteiger partial charge in [-0.15, -0.1) is 10.2 Å². The minimum Gasteiger partial charge on any atom is -0.312 e. The summed E-state index contributed by atoms with van der Waals surface area (Å²) in [6, 6.07) is 7.93. The summed E-state index contributed by atoms with van der Waals surface area (Å²) in [7, 11) is 0. The maximum atomic E-state index is 12.4. The third-order valence-electron chi connectivity index (χ3n) is 4.52. The monoisotopic (exact) mass is 358 g/mol. The van der Waals surface area contributed by atoms with Gasteiger partial charge in [0.2, 0.25) is 16.9 Å². The van der Waals surface area contributed by atoms with Gasteiger partial charge in [0.1, 0.15) is 5.01 Å². The predicted molar refractivity (Wildman–Crippen MR) is 98.9 cm³/mol. The minimum absolute atomic E-state index is 0.0137. The highest BCUT2D eigenvalue weighted by atomic mass is 32.1. The van der Waals surface area contributed by atoms with E-state index in [9.17, 15) is 9.59 Å². The molecule has 0 radical (unpaired) electrons. The van der Waals surface area contributed by atoms with E-state index >= 15 is 0 Å². The molecule has 0 saturated carbocycles. The van der Waals surface area contributed by atoms with E-state index in [-0.39, 0.29) is 23.7 Å². The highest BCUT2D eigenvalue weighted by molar-refractivity contribution is 7.15. The van der Waals surface area contributed by atoms with Crippen molar-refractivity contribution < 1.29 is 9.59 Å². The van der Waals surface area contributed by atoms with Crippen LogP contribution in [0, 0.1) is 12.8 Å². The summed E-state index contributed by atoms with van der Waals surface area (Å²) in [5.41, 5.74) is 2.04. The molecule has 132 valence electrons. The number of aryl methyl sites for hydroxylation is 1. The third kappa shape index (κ3) is 3.87. The van der Waals surface area contributed by atoms with Gasteiger partial charge in [-0.05, 0) is 31.0 Å². The lowest BCUT2D eigenvalue weighted by atomic mass is 10.1. The smallest absolute Gasteiger partial charge is 0.229 e. The van der Waals surface area contributed by atoms with Crippen molar-refractivity contribution in [1.29, 1.82) is 0 Å². The Bertz CT molecular complexity index is 789. The van der Waals surface area contributed by atoms with E-state index in [4.69, 9.17) is 0 Å². The Morgan fingerprint density at radius 2 is 2.24 bits per heavy atom. The van der Waals surface area contributed by atoms with Crippen molar-refractivity contribution in [2.45, 2.75) is 39.5 Å². The Labute approximate surface area is 151 Å². The van der Waals surface area contributed by atoms with Crippen LogP contribution < -0.4 is 10.2 Å². The lowest BCUT2D eigenvalue weighted by Gasteiger charge is -2.16. The molecule has 2 heterocycles. The van der Waals surface area contributed by atoms with E-state index < -0.39 is 0 Å². The molecule has 3 rings (SSSR count). The second-order valence-corrected chi connectivity index (χ2v) is 7.50. The molecule has 1 saturated heterocycles. The highest BCUT2D eigenvalue weighted by Gasteiger charge is 2.34. The van der Waals surface area contributed by atoms with Gasteiger partial charge >= 0.3 is 0 Å². The quantitative estimate of drug-likeness (QED) is 0.889. The molecule has 1 fully saturated rings. The zero-order valence-corrected chi connectivity index (χ0v) is 15.5. The summed E-state index contributed by atoms with van der Waals surface area (Å²) in [5, 5.41) is 12.4. The number of nitrogens with one attached hydrogen (secondary N) is 1. The summed E-state index contributed by atoms with van der Waals surface area (Å²) < 4.78 is 0. The first kappa shape index (κ1) is 17.5. The molecule has 1 N–H and O–H groups in total. The molecule has 7 heteroatoms. The third-order valence-corrected chi connectivity index (χ3v) is 5.52. The van der Waals surface area contributed by atoms with Gasteiger partial charge in [0, 0.05) is 30.5 Å². The fraction of sp³-hybridized carbons (Fsp3) is 0.444. The zero-order valence-electron chi connectivity index (χ0n) is 14.7. The average molecular weight is 358 g/mol. The van der Waals surface area contributed by atoms with Crippen molar-refractivity contribution in [3.63, 3.8) is 0 Å². The number of nitrogens with zero attached hydrogens (tertiary/aromatic N) is 3. The van der Waals surface area contributed by atoms with E-state index in [0.29, 0.717) is 18.1 Å². The van der Waals surface area contributed by atoms with E-state index in [2.05, 4.69) is 15.5 Å². The second-order valence-electron chi connectivity index (χ2n) is 6.49. The van der Waals surface area contributed by atoms with Crippen molar-refractivity contribution in [2.24, 2.45) is 5.92 Å². The van der Waals surface area contributed by atoms with Crippen LogP contribution in [0.25, 0.3) is 0 Å². The Hall–Kier alpha value is -2.28. The number of benzene rings is 1. The first-order valence-electron chi connectivity index (χ1n) is 8.49. The second kappa shape index (κ2) is 7.31. The Balaban J connectivity index is 1.70. The van der Waals surface area contributed by atoms with Gasteiger partial charge in [-0.1, -0.05) is 37.3 Å². The summed E-state index contributed by atoms with van der Waals surface area (Å²) in [6.07, 6.45) is 1.20. The van der Waals surface area contributed by atoms with E-state index in [0.717, 1.165) is 22.7 Å². The summed E-state index contributed by atoms with van der Waals surface area (Å²) >= 11 is 1.36. The van der Waals surface area contributed by atoms with Crippen LogP contribution in [0.4, 0.5) is 10.8 Å². The molecule has 2 aromatic rings. The molecule has 1 aliphatic rings. The van der Waals surface area contributed by atoms with Crippen LogP contribution >= 0.6 is 11.3 Å². The van der Waals surface area contributed by atoms with Gasteiger partial charge in [0.25, 0.3) is 0 Å². The SMILES string of the molecule is CCC(C)C(=O)Nc1nnc(C2CC(=O)N(c3cccc(C)c3)C2)s1. The maximum Gasteiger partial charge on any atom is 0.229 e. The molecular weight excluding hydrogens is 336 g/mol. The highest BCUT2D eigenvalue weighted by Crippen LogP contribution is 2.34. The molecule has 0 aliphatic carbocycles. The molecule has 0 spiro atoms. The summed E-state index contributed by atoms with van der Waals surface area (Å²) in [6.45, 7) is 6.46. The molecule has 25 heavy (non-hydrogen) atoms. The molecule has 6 nitrogen and oxygen atoms in total. The Morgan fingerprint density at radius 3 is 2.96 bits per heavy atom. The minimum atomic E-state index is -0.0581. The number of hydrogen-bond donors (Lipinski definition) is 1. The van der Waals surface area contributed by atoms with Crippen LogP contribution in [0.1, 0.15) is 43.2 Å². The lowest BCUT2D eigenvalue weighted by molar-refractivity contribution is -0.119. The normalized spacial score (nSPS) is 18.4. The van der Waals surface area contributed by atoms with Gasteiger partial charge in [0.05, 0.1) is 0 Å². The number of anilines is 2. The molecule has 2 amide bonds. The van der Waals surface area contributed by atoms with E-state index in [1.54, 1.807) is 4.90 Å². The zero-order chi connectivity index (χ0) is 18.0. The average Bonchev–Trinajstić information content (AvgIpc) is 3.20. The predicted octanol–water partition coefficient (Wildman–Crippen LogP) is 3.35. The van der Waals surface area contributed by atoms with Crippen LogP contribution in [0.15, 0.2) is 24.3 Å². The van der Waals surface area contributed by atoms with Crippen molar-refractivity contribution in [2.75, 3.05) is 16.8 Å². The van der Waals surface area contributed by atoms with Crippen molar-refractivity contribution in [1.82, 2.24) is 10.2 Å². The van der Waals surface area contributed by atoms with Crippen LogP contribution in [0.5, 0.6) is 0 Å². The number of rotatable bonds is 5. The lowest BCUT2D eigenvalue weighted by Crippen LogP contribution is -2.24. The number of carbonyl (C=O) groups is 2.